The highest BCUT2D eigenvalue weighted by molar-refractivity contribution is 7.99. The fourth-order valence-corrected chi connectivity index (χ4v) is 3.11. The van der Waals surface area contributed by atoms with Gasteiger partial charge >= 0.3 is 5.69 Å². The van der Waals surface area contributed by atoms with Gasteiger partial charge in [-0.1, -0.05) is 48.0 Å². The van der Waals surface area contributed by atoms with E-state index in [-0.39, 0.29) is 16.5 Å². The van der Waals surface area contributed by atoms with Crippen LogP contribution in [0.1, 0.15) is 16.8 Å². The van der Waals surface area contributed by atoms with Crippen molar-refractivity contribution >= 4 is 34.8 Å². The van der Waals surface area contributed by atoms with Crippen LogP contribution in [0.25, 0.3) is 0 Å². The van der Waals surface area contributed by atoms with E-state index in [9.17, 15) is 14.9 Å². The standard InChI is InChI=1S/C15H12ClNO3S/c16-12-7-4-8-14(15(12)17(19)20)21-10-9-13(18)11-5-2-1-3-6-11/h1-8H,9-10H2. The first kappa shape index (κ1) is 15.5. The molecule has 108 valence electrons. The number of para-hydroxylation sites is 1. The molecule has 4 nitrogen and oxygen atoms in total. The summed E-state index contributed by atoms with van der Waals surface area (Å²) in [6.45, 7) is 0. The second-order valence-electron chi connectivity index (χ2n) is 4.23. The fraction of sp³-hybridized carbons (Fsp3) is 0.133. The average molecular weight is 322 g/mol. The minimum atomic E-state index is -0.496. The Morgan fingerprint density at radius 1 is 1.14 bits per heavy atom. The SMILES string of the molecule is O=C(CCSc1cccc(Cl)c1[N+](=O)[O-])c1ccccc1. The van der Waals surface area contributed by atoms with Gasteiger partial charge in [0.2, 0.25) is 0 Å². The van der Waals surface area contributed by atoms with Gasteiger partial charge in [0, 0.05) is 17.7 Å². The molecule has 0 aliphatic heterocycles. The van der Waals surface area contributed by atoms with Crippen LogP contribution < -0.4 is 0 Å². The van der Waals surface area contributed by atoms with Gasteiger partial charge in [0.05, 0.1) is 9.82 Å². The maximum Gasteiger partial charge on any atom is 0.301 e. The van der Waals surface area contributed by atoms with E-state index in [1.54, 1.807) is 24.3 Å². The number of nitrogens with zero attached hydrogens (tertiary/aromatic N) is 1. The summed E-state index contributed by atoms with van der Waals surface area (Å²) in [4.78, 5) is 22.9. The Balaban J connectivity index is 2.00. The quantitative estimate of drug-likeness (QED) is 0.337. The molecule has 0 aromatic heterocycles. The first-order valence-electron chi connectivity index (χ1n) is 6.23. The number of carbonyl (C=O) groups excluding carboxylic acids is 1. The Kier molecular flexibility index (Phi) is 5.36. The Morgan fingerprint density at radius 2 is 1.86 bits per heavy atom. The third kappa shape index (κ3) is 4.06. The largest absolute Gasteiger partial charge is 0.301 e. The van der Waals surface area contributed by atoms with Crippen molar-refractivity contribution in [3.05, 3.63) is 69.2 Å². The molecule has 0 atom stereocenters. The van der Waals surface area contributed by atoms with Crippen LogP contribution >= 0.6 is 23.4 Å². The number of carbonyl (C=O) groups is 1. The number of hydrogen-bond donors (Lipinski definition) is 0. The molecule has 0 unspecified atom stereocenters. The Hall–Kier alpha value is -1.85. The summed E-state index contributed by atoms with van der Waals surface area (Å²) in [7, 11) is 0. The van der Waals surface area contributed by atoms with E-state index in [4.69, 9.17) is 11.6 Å². The lowest BCUT2D eigenvalue weighted by Crippen LogP contribution is -2.00. The number of hydrogen-bond acceptors (Lipinski definition) is 4. The molecule has 0 bridgehead atoms. The molecule has 0 saturated heterocycles. The summed E-state index contributed by atoms with van der Waals surface area (Å²) >= 11 is 7.11. The first-order chi connectivity index (χ1) is 10.1. The molecule has 0 aliphatic rings. The second kappa shape index (κ2) is 7.24. The van der Waals surface area contributed by atoms with Gasteiger partial charge in [-0.05, 0) is 12.1 Å². The Labute approximate surface area is 131 Å². The Morgan fingerprint density at radius 3 is 2.52 bits per heavy atom. The summed E-state index contributed by atoms with van der Waals surface area (Å²) in [6.07, 6.45) is 0.318. The van der Waals surface area contributed by atoms with E-state index in [1.165, 1.54) is 17.8 Å². The van der Waals surface area contributed by atoms with Crippen molar-refractivity contribution in [3.63, 3.8) is 0 Å². The molecule has 0 heterocycles. The zero-order chi connectivity index (χ0) is 15.2. The number of rotatable bonds is 6. The second-order valence-corrected chi connectivity index (χ2v) is 5.78. The highest BCUT2D eigenvalue weighted by Crippen LogP contribution is 2.35. The molecular weight excluding hydrogens is 310 g/mol. The number of benzene rings is 2. The first-order valence-corrected chi connectivity index (χ1v) is 7.60. The number of halogens is 1. The van der Waals surface area contributed by atoms with Crippen molar-refractivity contribution in [1.29, 1.82) is 0 Å². The number of thioether (sulfide) groups is 1. The van der Waals surface area contributed by atoms with E-state index < -0.39 is 4.92 Å². The lowest BCUT2D eigenvalue weighted by Gasteiger charge is -2.04. The highest BCUT2D eigenvalue weighted by Gasteiger charge is 2.18. The molecule has 0 aliphatic carbocycles. The van der Waals surface area contributed by atoms with Crippen molar-refractivity contribution in [3.8, 4) is 0 Å². The molecule has 0 fully saturated rings. The van der Waals surface area contributed by atoms with E-state index in [0.717, 1.165) is 0 Å². The van der Waals surface area contributed by atoms with E-state index >= 15 is 0 Å². The minimum absolute atomic E-state index is 0.0211. The smallest absolute Gasteiger partial charge is 0.294 e. The van der Waals surface area contributed by atoms with Crippen LogP contribution in [0.2, 0.25) is 5.02 Å². The third-order valence-electron chi connectivity index (χ3n) is 2.81. The number of Topliss-reactive ketones (excluding diaryl/α,β-unsaturated/α-hetero) is 1. The molecule has 21 heavy (non-hydrogen) atoms. The van der Waals surface area contributed by atoms with Crippen molar-refractivity contribution < 1.29 is 9.72 Å². The molecular formula is C15H12ClNO3S. The van der Waals surface area contributed by atoms with Gasteiger partial charge in [0.15, 0.2) is 5.78 Å². The summed E-state index contributed by atoms with van der Waals surface area (Å²) < 4.78 is 0. The summed E-state index contributed by atoms with van der Waals surface area (Å²) in [5, 5.41) is 11.1. The summed E-state index contributed by atoms with van der Waals surface area (Å²) in [6, 6.07) is 13.8. The van der Waals surface area contributed by atoms with Crippen LogP contribution in [0.5, 0.6) is 0 Å². The zero-order valence-electron chi connectivity index (χ0n) is 11.0. The summed E-state index contributed by atoms with van der Waals surface area (Å²) in [5.74, 6) is 0.488. The van der Waals surface area contributed by atoms with Gasteiger partial charge in [-0.2, -0.15) is 0 Å². The van der Waals surface area contributed by atoms with Crippen molar-refractivity contribution in [2.24, 2.45) is 0 Å². The molecule has 2 rings (SSSR count). The topological polar surface area (TPSA) is 60.2 Å². The van der Waals surface area contributed by atoms with Gasteiger partial charge in [-0.3, -0.25) is 14.9 Å². The van der Waals surface area contributed by atoms with Crippen LogP contribution in [0.3, 0.4) is 0 Å². The van der Waals surface area contributed by atoms with Gasteiger partial charge < -0.3 is 0 Å². The average Bonchev–Trinajstić information content (AvgIpc) is 2.47. The molecule has 0 N–H and O–H groups in total. The molecule has 2 aromatic carbocycles. The molecule has 2 aromatic rings. The maximum atomic E-state index is 11.9. The monoisotopic (exact) mass is 321 g/mol. The highest BCUT2D eigenvalue weighted by atomic mass is 35.5. The lowest BCUT2D eigenvalue weighted by atomic mass is 10.1. The van der Waals surface area contributed by atoms with Crippen LogP contribution in [0.4, 0.5) is 5.69 Å². The fourth-order valence-electron chi connectivity index (χ4n) is 1.81. The molecule has 6 heteroatoms. The molecule has 0 radical (unpaired) electrons. The third-order valence-corrected chi connectivity index (χ3v) is 4.17. The number of nitro groups is 1. The van der Waals surface area contributed by atoms with Crippen LogP contribution in [-0.4, -0.2) is 16.5 Å². The van der Waals surface area contributed by atoms with E-state index in [0.29, 0.717) is 22.6 Å². The lowest BCUT2D eigenvalue weighted by molar-refractivity contribution is -0.387. The van der Waals surface area contributed by atoms with E-state index in [1.807, 2.05) is 18.2 Å². The normalized spacial score (nSPS) is 10.3. The van der Waals surface area contributed by atoms with Crippen LogP contribution in [0.15, 0.2) is 53.4 Å². The molecule has 0 spiro atoms. The van der Waals surface area contributed by atoms with Gasteiger partial charge in [-0.15, -0.1) is 11.8 Å². The van der Waals surface area contributed by atoms with Gasteiger partial charge in [0.25, 0.3) is 0 Å². The molecule has 0 amide bonds. The number of nitro benzene ring substituents is 1. The van der Waals surface area contributed by atoms with Crippen LogP contribution in [-0.2, 0) is 0 Å². The van der Waals surface area contributed by atoms with Crippen molar-refractivity contribution in [1.82, 2.24) is 0 Å². The predicted octanol–water partition coefficient (Wildman–Crippen LogP) is 4.61. The van der Waals surface area contributed by atoms with Crippen molar-refractivity contribution in [2.45, 2.75) is 11.3 Å². The molecule has 0 saturated carbocycles. The maximum absolute atomic E-state index is 11.9. The minimum Gasteiger partial charge on any atom is -0.294 e. The van der Waals surface area contributed by atoms with Gasteiger partial charge in [0.1, 0.15) is 5.02 Å². The number of ketones is 1. The van der Waals surface area contributed by atoms with E-state index in [2.05, 4.69) is 0 Å². The van der Waals surface area contributed by atoms with Crippen LogP contribution in [0, 0.1) is 10.1 Å². The van der Waals surface area contributed by atoms with Gasteiger partial charge in [-0.25, -0.2) is 0 Å². The van der Waals surface area contributed by atoms with Crippen molar-refractivity contribution in [2.75, 3.05) is 5.75 Å². The predicted molar refractivity (Wildman–Crippen MR) is 84.2 cm³/mol. The summed E-state index contributed by atoms with van der Waals surface area (Å²) in [5.41, 5.74) is 0.551. The zero-order valence-corrected chi connectivity index (χ0v) is 12.6. The Bertz CT molecular complexity index is 661.